The fourth-order valence-electron chi connectivity index (χ4n) is 3.86. The molecule has 148 valence electrons. The van der Waals surface area contributed by atoms with Gasteiger partial charge < -0.3 is 4.90 Å². The van der Waals surface area contributed by atoms with Crippen LogP contribution < -0.4 is 10.6 Å². The molecule has 0 saturated carbocycles. The summed E-state index contributed by atoms with van der Waals surface area (Å²) in [4.78, 5) is 14.6. The fraction of sp³-hybridized carbons (Fsp3) is 0.208. The molecule has 3 aromatic carbocycles. The summed E-state index contributed by atoms with van der Waals surface area (Å²) < 4.78 is 16.6. The number of aryl methyl sites for hydroxylation is 1. The van der Waals surface area contributed by atoms with Crippen LogP contribution in [0.15, 0.2) is 84.9 Å². The highest BCUT2D eigenvalue weighted by molar-refractivity contribution is 7.76. The van der Waals surface area contributed by atoms with E-state index in [9.17, 15) is 9.36 Å². The average Bonchev–Trinajstić information content (AvgIpc) is 3.50. The van der Waals surface area contributed by atoms with E-state index in [1.165, 1.54) is 0 Å². The van der Waals surface area contributed by atoms with Crippen LogP contribution in [0, 0.1) is 6.92 Å². The molecular formula is C24H25N2O2P. The maximum Gasteiger partial charge on any atom is 0.241 e. The molecule has 0 aliphatic carbocycles. The van der Waals surface area contributed by atoms with Crippen molar-refractivity contribution in [3.63, 3.8) is 0 Å². The molecule has 1 fully saturated rings. The zero-order valence-electron chi connectivity index (χ0n) is 16.9. The lowest BCUT2D eigenvalue weighted by molar-refractivity contribution is -0.128. The van der Waals surface area contributed by atoms with Crippen molar-refractivity contribution >= 4 is 23.8 Å². The summed E-state index contributed by atoms with van der Waals surface area (Å²) in [6.45, 7) is 2.04. The summed E-state index contributed by atoms with van der Waals surface area (Å²) in [6.07, 6.45) is 0. The van der Waals surface area contributed by atoms with Crippen molar-refractivity contribution < 1.29 is 9.36 Å². The van der Waals surface area contributed by atoms with E-state index in [4.69, 9.17) is 0 Å². The van der Waals surface area contributed by atoms with Crippen LogP contribution in [-0.2, 0) is 9.36 Å². The molecule has 0 radical (unpaired) electrons. The first-order valence-corrected chi connectivity index (χ1v) is 11.4. The third-order valence-electron chi connectivity index (χ3n) is 5.43. The van der Waals surface area contributed by atoms with E-state index in [1.54, 1.807) is 19.0 Å². The number of rotatable bonds is 5. The van der Waals surface area contributed by atoms with Gasteiger partial charge in [0.1, 0.15) is 6.04 Å². The standard InChI is InChI=1S/C24H25N2O2P/c1-18-14-16-19(17-15-18)22-23(24(27)25(2)3)26(22)29(28,20-10-6-4-7-11-20)21-12-8-5-9-13-21/h4-17,22-23H,1-3H3/t22-,23+,26?/m1/s1. The van der Waals surface area contributed by atoms with Crippen LogP contribution in [0.4, 0.5) is 0 Å². The molecule has 1 amide bonds. The van der Waals surface area contributed by atoms with E-state index in [-0.39, 0.29) is 11.9 Å². The first kappa shape index (κ1) is 19.6. The number of benzene rings is 3. The maximum absolute atomic E-state index is 14.7. The Morgan fingerprint density at radius 3 is 1.76 bits per heavy atom. The molecule has 1 heterocycles. The highest BCUT2D eigenvalue weighted by Gasteiger charge is 2.62. The number of likely N-dealkylation sites (N-methyl/N-ethyl adjacent to an activating group) is 1. The molecule has 0 bridgehead atoms. The predicted molar refractivity (Wildman–Crippen MR) is 118 cm³/mol. The lowest BCUT2D eigenvalue weighted by Crippen LogP contribution is -2.30. The Balaban J connectivity index is 1.87. The second-order valence-corrected chi connectivity index (χ2v) is 10.3. The number of hydrogen-bond acceptors (Lipinski definition) is 2. The molecule has 0 spiro atoms. The molecular weight excluding hydrogens is 379 g/mol. The second-order valence-electron chi connectivity index (χ2n) is 7.66. The van der Waals surface area contributed by atoms with Gasteiger partial charge in [-0.25, -0.2) is 4.67 Å². The first-order chi connectivity index (χ1) is 13.9. The number of nitrogens with zero attached hydrogens (tertiary/aromatic N) is 2. The maximum atomic E-state index is 14.7. The minimum atomic E-state index is -3.18. The van der Waals surface area contributed by atoms with Gasteiger partial charge in [0.15, 0.2) is 0 Å². The number of carbonyl (C=O) groups is 1. The lowest BCUT2D eigenvalue weighted by Gasteiger charge is -2.22. The Morgan fingerprint density at radius 2 is 1.31 bits per heavy atom. The lowest BCUT2D eigenvalue weighted by atomic mass is 10.1. The molecule has 4 nitrogen and oxygen atoms in total. The summed E-state index contributed by atoms with van der Waals surface area (Å²) >= 11 is 0. The minimum absolute atomic E-state index is 0.0253. The average molecular weight is 404 g/mol. The summed E-state index contributed by atoms with van der Waals surface area (Å²) in [5.74, 6) is -0.0253. The molecule has 3 aromatic rings. The molecule has 4 rings (SSSR count). The van der Waals surface area contributed by atoms with Crippen molar-refractivity contribution in [2.24, 2.45) is 0 Å². The van der Waals surface area contributed by atoms with E-state index in [0.717, 1.165) is 21.7 Å². The number of hydrogen-bond donors (Lipinski definition) is 0. The highest BCUT2D eigenvalue weighted by atomic mass is 31.2. The van der Waals surface area contributed by atoms with Crippen LogP contribution in [0.1, 0.15) is 17.2 Å². The van der Waals surface area contributed by atoms with Gasteiger partial charge >= 0.3 is 0 Å². The normalized spacial score (nSPS) is 20.9. The second kappa shape index (κ2) is 7.62. The summed E-state index contributed by atoms with van der Waals surface area (Å²) in [5.41, 5.74) is 2.17. The van der Waals surface area contributed by atoms with Crippen LogP contribution in [0.3, 0.4) is 0 Å². The minimum Gasteiger partial charge on any atom is -0.347 e. The molecule has 29 heavy (non-hydrogen) atoms. The Labute approximate surface area is 172 Å². The first-order valence-electron chi connectivity index (χ1n) is 9.72. The van der Waals surface area contributed by atoms with Crippen LogP contribution in [-0.4, -0.2) is 35.6 Å². The molecule has 0 aromatic heterocycles. The quantitative estimate of drug-likeness (QED) is 0.481. The van der Waals surface area contributed by atoms with Crippen LogP contribution in [0.5, 0.6) is 0 Å². The highest BCUT2D eigenvalue weighted by Crippen LogP contribution is 2.64. The van der Waals surface area contributed by atoms with Crippen molar-refractivity contribution in [1.29, 1.82) is 0 Å². The van der Waals surface area contributed by atoms with Gasteiger partial charge in [-0.15, -0.1) is 0 Å². The molecule has 1 saturated heterocycles. The molecule has 3 atom stereocenters. The van der Waals surface area contributed by atoms with Gasteiger partial charge in [-0.3, -0.25) is 9.36 Å². The van der Waals surface area contributed by atoms with E-state index in [1.807, 2.05) is 96.5 Å². The Kier molecular flexibility index (Phi) is 5.16. The molecule has 1 aliphatic heterocycles. The van der Waals surface area contributed by atoms with Gasteiger partial charge in [-0.05, 0) is 36.8 Å². The third kappa shape index (κ3) is 3.43. The Hall–Kier alpha value is -2.68. The smallest absolute Gasteiger partial charge is 0.241 e. The molecule has 0 N–H and O–H groups in total. The number of amides is 1. The van der Waals surface area contributed by atoms with E-state index < -0.39 is 13.3 Å². The van der Waals surface area contributed by atoms with Crippen LogP contribution in [0.2, 0.25) is 0 Å². The summed E-state index contributed by atoms with van der Waals surface area (Å²) in [5, 5.41) is 1.50. The van der Waals surface area contributed by atoms with Gasteiger partial charge in [-0.1, -0.05) is 66.2 Å². The van der Waals surface area contributed by atoms with E-state index in [2.05, 4.69) is 0 Å². The summed E-state index contributed by atoms with van der Waals surface area (Å²) in [6, 6.07) is 26.5. The van der Waals surface area contributed by atoms with Crippen LogP contribution >= 0.6 is 7.29 Å². The Bertz CT molecular complexity index is 1010. The predicted octanol–water partition coefficient (Wildman–Crippen LogP) is 3.74. The van der Waals surface area contributed by atoms with Crippen molar-refractivity contribution in [3.05, 3.63) is 96.1 Å². The van der Waals surface area contributed by atoms with Crippen LogP contribution in [0.25, 0.3) is 0 Å². The molecule has 1 aliphatic rings. The summed E-state index contributed by atoms with van der Waals surface area (Å²) in [7, 11) is 0.320. The zero-order chi connectivity index (χ0) is 20.6. The fourth-order valence-corrected chi connectivity index (χ4v) is 6.97. The van der Waals surface area contributed by atoms with Crippen molar-refractivity contribution in [2.75, 3.05) is 14.1 Å². The van der Waals surface area contributed by atoms with Gasteiger partial charge in [0.05, 0.1) is 6.04 Å². The van der Waals surface area contributed by atoms with Crippen molar-refractivity contribution in [1.82, 2.24) is 9.57 Å². The van der Waals surface area contributed by atoms with Gasteiger partial charge in [0.25, 0.3) is 0 Å². The molecule has 1 unspecified atom stereocenters. The van der Waals surface area contributed by atoms with Crippen molar-refractivity contribution in [2.45, 2.75) is 19.0 Å². The third-order valence-corrected chi connectivity index (χ3v) is 8.57. The van der Waals surface area contributed by atoms with Gasteiger partial charge in [-0.2, -0.15) is 0 Å². The van der Waals surface area contributed by atoms with Gasteiger partial charge in [0, 0.05) is 24.7 Å². The largest absolute Gasteiger partial charge is 0.347 e. The number of carbonyl (C=O) groups excluding carboxylic acids is 1. The Morgan fingerprint density at radius 1 is 0.828 bits per heavy atom. The van der Waals surface area contributed by atoms with Gasteiger partial charge in [0.2, 0.25) is 13.2 Å². The van der Waals surface area contributed by atoms with E-state index >= 15 is 0 Å². The molecule has 5 heteroatoms. The van der Waals surface area contributed by atoms with Crippen molar-refractivity contribution in [3.8, 4) is 0 Å². The van der Waals surface area contributed by atoms with E-state index in [0.29, 0.717) is 0 Å². The topological polar surface area (TPSA) is 40.4 Å². The SMILES string of the molecule is Cc1ccc([C@@H]2[C@@H](C(=O)N(C)C)N2P(=O)(c2ccccc2)c2ccccc2)cc1. The monoisotopic (exact) mass is 404 g/mol. The zero-order valence-corrected chi connectivity index (χ0v) is 17.8.